The monoisotopic (exact) mass is 357 g/mol. The number of hydrogen-bond acceptors (Lipinski definition) is 4. The summed E-state index contributed by atoms with van der Waals surface area (Å²) < 4.78 is 17.1. The number of rotatable bonds is 9. The molecule has 0 aliphatic heterocycles. The van der Waals surface area contributed by atoms with Crippen LogP contribution >= 0.6 is 15.9 Å². The first-order valence-electron chi connectivity index (χ1n) is 6.90. The maximum atomic E-state index is 5.78. The molecule has 0 unspecified atom stereocenters. The highest BCUT2D eigenvalue weighted by Gasteiger charge is 2.11. The Bertz CT molecular complexity index is 471. The Morgan fingerprint density at radius 1 is 1.29 bits per heavy atom. The smallest absolute Gasteiger partial charge is 0.175 e. The van der Waals surface area contributed by atoms with Crippen LogP contribution in [0.1, 0.15) is 19.4 Å². The van der Waals surface area contributed by atoms with E-state index in [1.54, 1.807) is 14.2 Å². The third kappa shape index (κ3) is 6.50. The topological polar surface area (TPSA) is 39.7 Å². The number of ether oxygens (including phenoxy) is 3. The molecule has 1 aromatic carbocycles. The van der Waals surface area contributed by atoms with Gasteiger partial charge in [-0.3, -0.25) is 0 Å². The highest BCUT2D eigenvalue weighted by Crippen LogP contribution is 2.36. The van der Waals surface area contributed by atoms with Crippen molar-refractivity contribution >= 4 is 15.9 Å². The Morgan fingerprint density at radius 2 is 2.05 bits per heavy atom. The van der Waals surface area contributed by atoms with Crippen molar-refractivity contribution in [2.24, 2.45) is 0 Å². The summed E-state index contributed by atoms with van der Waals surface area (Å²) in [4.78, 5) is 0. The van der Waals surface area contributed by atoms with E-state index in [-0.39, 0.29) is 0 Å². The molecule has 0 saturated carbocycles. The first-order valence-corrected chi connectivity index (χ1v) is 7.70. The third-order valence-electron chi connectivity index (χ3n) is 2.82. The fourth-order valence-electron chi connectivity index (χ4n) is 1.71. The lowest BCUT2D eigenvalue weighted by Gasteiger charge is -2.14. The summed E-state index contributed by atoms with van der Waals surface area (Å²) in [5.74, 6) is 1.46. The quantitative estimate of drug-likeness (QED) is 0.542. The van der Waals surface area contributed by atoms with Gasteiger partial charge in [-0.05, 0) is 53.5 Å². The molecule has 0 bridgehead atoms. The number of methoxy groups -OCH3 is 2. The Kier molecular flexibility index (Phi) is 8.42. The fourth-order valence-corrected chi connectivity index (χ4v) is 2.32. The summed E-state index contributed by atoms with van der Waals surface area (Å²) in [6.07, 6.45) is 2.03. The Morgan fingerprint density at radius 3 is 2.67 bits per heavy atom. The minimum absolute atomic E-state index is 0.530. The van der Waals surface area contributed by atoms with Crippen LogP contribution in [0, 0.1) is 0 Å². The van der Waals surface area contributed by atoms with Crippen LogP contribution in [0.4, 0.5) is 0 Å². The number of allylic oxidation sites excluding steroid dienone is 1. The molecule has 0 heterocycles. The summed E-state index contributed by atoms with van der Waals surface area (Å²) in [5, 5.41) is 3.31. The minimum Gasteiger partial charge on any atom is -0.493 e. The van der Waals surface area contributed by atoms with Crippen LogP contribution in [0.5, 0.6) is 11.5 Å². The molecular weight excluding hydrogens is 334 g/mol. The zero-order valence-electron chi connectivity index (χ0n) is 13.2. The first-order chi connectivity index (χ1) is 10.1. The van der Waals surface area contributed by atoms with Crippen LogP contribution in [0.3, 0.4) is 0 Å². The van der Waals surface area contributed by atoms with Crippen LogP contribution in [-0.4, -0.2) is 34.0 Å². The van der Waals surface area contributed by atoms with Crippen molar-refractivity contribution < 1.29 is 14.2 Å². The molecule has 4 nitrogen and oxygen atoms in total. The number of hydrogen-bond donors (Lipinski definition) is 1. The normalized spacial score (nSPS) is 10.3. The van der Waals surface area contributed by atoms with E-state index >= 15 is 0 Å². The zero-order valence-corrected chi connectivity index (χ0v) is 14.7. The van der Waals surface area contributed by atoms with Gasteiger partial charge in [0.15, 0.2) is 11.5 Å². The highest BCUT2D eigenvalue weighted by atomic mass is 79.9. The van der Waals surface area contributed by atoms with Crippen molar-refractivity contribution in [3.63, 3.8) is 0 Å². The Labute approximate surface area is 135 Å². The van der Waals surface area contributed by atoms with Gasteiger partial charge in [-0.1, -0.05) is 5.57 Å². The average Bonchev–Trinajstić information content (AvgIpc) is 2.45. The second-order valence-corrected chi connectivity index (χ2v) is 5.73. The van der Waals surface area contributed by atoms with Crippen molar-refractivity contribution in [2.45, 2.75) is 20.4 Å². The fraction of sp³-hybridized carbons (Fsp3) is 0.500. The van der Waals surface area contributed by atoms with Crippen LogP contribution in [0.25, 0.3) is 0 Å². The molecule has 0 atom stereocenters. The van der Waals surface area contributed by atoms with E-state index in [4.69, 9.17) is 14.2 Å². The van der Waals surface area contributed by atoms with Gasteiger partial charge in [0.2, 0.25) is 0 Å². The Hall–Kier alpha value is -1.04. The molecule has 1 N–H and O–H groups in total. The predicted octanol–water partition coefficient (Wildman–Crippen LogP) is 3.54. The summed E-state index contributed by atoms with van der Waals surface area (Å²) >= 11 is 3.55. The molecule has 118 valence electrons. The van der Waals surface area contributed by atoms with Gasteiger partial charge in [0.25, 0.3) is 0 Å². The van der Waals surface area contributed by atoms with Crippen molar-refractivity contribution in [2.75, 3.05) is 34.0 Å². The Balaban J connectivity index is 2.74. The molecule has 21 heavy (non-hydrogen) atoms. The van der Waals surface area contributed by atoms with Gasteiger partial charge >= 0.3 is 0 Å². The SMILES string of the molecule is COCCNCc1cc(Br)c(OCC=C(C)C)c(OC)c1. The van der Waals surface area contributed by atoms with Crippen molar-refractivity contribution in [3.8, 4) is 11.5 Å². The van der Waals surface area contributed by atoms with E-state index in [2.05, 4.69) is 21.2 Å². The molecule has 0 aromatic heterocycles. The van der Waals surface area contributed by atoms with Crippen LogP contribution in [0.15, 0.2) is 28.3 Å². The molecule has 0 fully saturated rings. The predicted molar refractivity (Wildman–Crippen MR) is 89.2 cm³/mol. The van der Waals surface area contributed by atoms with Crippen LogP contribution in [0.2, 0.25) is 0 Å². The maximum absolute atomic E-state index is 5.78. The molecule has 5 heteroatoms. The largest absolute Gasteiger partial charge is 0.493 e. The number of halogens is 1. The molecule has 0 aliphatic carbocycles. The zero-order chi connectivity index (χ0) is 15.7. The lowest BCUT2D eigenvalue weighted by atomic mass is 10.2. The van der Waals surface area contributed by atoms with Crippen molar-refractivity contribution in [1.29, 1.82) is 0 Å². The molecule has 0 spiro atoms. The highest BCUT2D eigenvalue weighted by molar-refractivity contribution is 9.10. The summed E-state index contributed by atoms with van der Waals surface area (Å²) in [6.45, 7) is 6.89. The van der Waals surface area contributed by atoms with E-state index < -0.39 is 0 Å². The van der Waals surface area contributed by atoms with Gasteiger partial charge in [-0.25, -0.2) is 0 Å². The molecule has 0 radical (unpaired) electrons. The summed E-state index contributed by atoms with van der Waals surface area (Å²) in [6, 6.07) is 4.03. The van der Waals surface area contributed by atoms with Crippen LogP contribution < -0.4 is 14.8 Å². The number of benzene rings is 1. The summed E-state index contributed by atoms with van der Waals surface area (Å²) in [7, 11) is 3.34. The van der Waals surface area contributed by atoms with Crippen LogP contribution in [-0.2, 0) is 11.3 Å². The van der Waals surface area contributed by atoms with E-state index in [1.165, 1.54) is 5.57 Å². The van der Waals surface area contributed by atoms with E-state index in [1.807, 2.05) is 32.1 Å². The van der Waals surface area contributed by atoms with Gasteiger partial charge in [0.05, 0.1) is 18.2 Å². The van der Waals surface area contributed by atoms with Gasteiger partial charge in [-0.15, -0.1) is 0 Å². The second-order valence-electron chi connectivity index (χ2n) is 4.87. The standard InChI is InChI=1S/C16H24BrNO3/c1-12(2)5-7-21-16-14(17)9-13(10-15(16)20-4)11-18-6-8-19-3/h5,9-10,18H,6-8,11H2,1-4H3. The maximum Gasteiger partial charge on any atom is 0.175 e. The number of nitrogens with one attached hydrogen (secondary N) is 1. The molecule has 1 aromatic rings. The lowest BCUT2D eigenvalue weighted by molar-refractivity contribution is 0.199. The molecule has 1 rings (SSSR count). The average molecular weight is 358 g/mol. The molecule has 0 saturated heterocycles. The minimum atomic E-state index is 0.530. The summed E-state index contributed by atoms with van der Waals surface area (Å²) in [5.41, 5.74) is 2.36. The van der Waals surface area contributed by atoms with Crippen molar-refractivity contribution in [1.82, 2.24) is 5.32 Å². The van der Waals surface area contributed by atoms with E-state index in [9.17, 15) is 0 Å². The van der Waals surface area contributed by atoms with Gasteiger partial charge < -0.3 is 19.5 Å². The van der Waals surface area contributed by atoms with Gasteiger partial charge in [-0.2, -0.15) is 0 Å². The third-order valence-corrected chi connectivity index (χ3v) is 3.41. The lowest BCUT2D eigenvalue weighted by Crippen LogP contribution is -2.18. The molecule has 0 amide bonds. The molecule has 0 aliphatic rings. The van der Waals surface area contributed by atoms with Crippen molar-refractivity contribution in [3.05, 3.63) is 33.8 Å². The van der Waals surface area contributed by atoms with Gasteiger partial charge in [0.1, 0.15) is 6.61 Å². The first kappa shape index (κ1) is 18.0. The second kappa shape index (κ2) is 9.82. The van der Waals surface area contributed by atoms with E-state index in [0.29, 0.717) is 13.2 Å². The van der Waals surface area contributed by atoms with Gasteiger partial charge in [0, 0.05) is 20.2 Å². The van der Waals surface area contributed by atoms with E-state index in [0.717, 1.165) is 34.6 Å². The molecular formula is C16H24BrNO3.